The van der Waals surface area contributed by atoms with Gasteiger partial charge in [0, 0.05) is 35.7 Å². The predicted molar refractivity (Wildman–Crippen MR) is 107 cm³/mol. The molecule has 2 aromatic rings. The first-order valence-corrected chi connectivity index (χ1v) is 9.40. The molecule has 2 unspecified atom stereocenters. The summed E-state index contributed by atoms with van der Waals surface area (Å²) in [7, 11) is 2.69. The van der Waals surface area contributed by atoms with Gasteiger partial charge >= 0.3 is 12.1 Å². The van der Waals surface area contributed by atoms with Crippen molar-refractivity contribution in [3.63, 3.8) is 0 Å². The Kier molecular flexibility index (Phi) is 7.96. The van der Waals surface area contributed by atoms with E-state index in [1.807, 2.05) is 0 Å². The van der Waals surface area contributed by atoms with Crippen molar-refractivity contribution in [2.75, 3.05) is 20.8 Å². The van der Waals surface area contributed by atoms with E-state index in [1.54, 1.807) is 6.92 Å². The zero-order valence-electron chi connectivity index (χ0n) is 16.9. The van der Waals surface area contributed by atoms with E-state index in [0.29, 0.717) is 0 Å². The third-order valence-electron chi connectivity index (χ3n) is 4.47. The number of hydrogen-bond donors (Lipinski definition) is 1. The lowest BCUT2D eigenvalue weighted by Crippen LogP contribution is -2.32. The minimum Gasteiger partial charge on any atom is -0.495 e. The molecule has 0 aliphatic heterocycles. The maximum absolute atomic E-state index is 12.8. The van der Waals surface area contributed by atoms with Crippen LogP contribution < -0.4 is 15.0 Å². The molecule has 2 atom stereocenters. The molecule has 0 bridgehead atoms. The molecule has 0 spiro atoms. The molecular weight excluding hydrogens is 443 g/mol. The quantitative estimate of drug-likeness (QED) is 0.600. The van der Waals surface area contributed by atoms with Gasteiger partial charge in [-0.3, -0.25) is 9.36 Å². The first kappa shape index (κ1) is 24.5. The van der Waals surface area contributed by atoms with Gasteiger partial charge in [-0.1, -0.05) is 11.6 Å². The second-order valence-corrected chi connectivity index (χ2v) is 7.12. The second kappa shape index (κ2) is 10.1. The predicted octanol–water partition coefficient (Wildman–Crippen LogP) is 4.17. The van der Waals surface area contributed by atoms with Gasteiger partial charge in [0.2, 0.25) is 0 Å². The Morgan fingerprint density at radius 1 is 1.19 bits per heavy atom. The normalized spacial score (nSPS) is 13.5. The number of pyridine rings is 1. The van der Waals surface area contributed by atoms with Crippen LogP contribution in [0.15, 0.2) is 35.3 Å². The topological polar surface area (TPSA) is 87.0 Å². The van der Waals surface area contributed by atoms with E-state index in [1.165, 1.54) is 38.6 Å². The number of aromatic nitrogens is 1. The molecule has 0 saturated carbocycles. The number of carboxylic acids is 1. The number of methoxy groups -OCH3 is 2. The van der Waals surface area contributed by atoms with E-state index < -0.39 is 36.5 Å². The molecule has 0 amide bonds. The highest BCUT2D eigenvalue weighted by atomic mass is 35.5. The summed E-state index contributed by atoms with van der Waals surface area (Å²) in [6.07, 6.45) is -3.83. The van der Waals surface area contributed by atoms with Crippen molar-refractivity contribution in [1.82, 2.24) is 4.57 Å². The Bertz CT molecular complexity index is 992. The second-order valence-electron chi connectivity index (χ2n) is 6.68. The summed E-state index contributed by atoms with van der Waals surface area (Å²) in [6.45, 7) is 0.111. The van der Waals surface area contributed by atoms with E-state index in [4.69, 9.17) is 25.8 Å². The summed E-state index contributed by atoms with van der Waals surface area (Å²) in [5.41, 5.74) is -0.504. The van der Waals surface area contributed by atoms with Crippen LogP contribution in [0.2, 0.25) is 5.02 Å². The summed E-state index contributed by atoms with van der Waals surface area (Å²) in [4.78, 5) is 24.5. The van der Waals surface area contributed by atoms with Crippen molar-refractivity contribution < 1.29 is 37.3 Å². The highest BCUT2D eigenvalue weighted by Crippen LogP contribution is 2.38. The van der Waals surface area contributed by atoms with Crippen molar-refractivity contribution in [2.24, 2.45) is 0 Å². The molecule has 1 aromatic carbocycles. The number of alkyl halides is 3. The lowest BCUT2D eigenvalue weighted by atomic mass is 10.0. The number of ether oxygens (including phenoxy) is 3. The molecule has 1 aromatic heterocycles. The SMILES string of the molecule is COc1cn(C(CC(C)OC)C(=O)O)c(=O)cc1-c1cc(Cl)ccc1OCC(F)(F)F. The first-order chi connectivity index (χ1) is 14.5. The van der Waals surface area contributed by atoms with Crippen molar-refractivity contribution in [3.8, 4) is 22.6 Å². The zero-order valence-corrected chi connectivity index (χ0v) is 17.7. The summed E-state index contributed by atoms with van der Waals surface area (Å²) in [5, 5.41) is 9.76. The molecule has 0 aliphatic rings. The van der Waals surface area contributed by atoms with E-state index in [2.05, 4.69) is 0 Å². The molecule has 170 valence electrons. The fourth-order valence-electron chi connectivity index (χ4n) is 2.89. The third-order valence-corrected chi connectivity index (χ3v) is 4.70. The number of halogens is 4. The summed E-state index contributed by atoms with van der Waals surface area (Å²) >= 11 is 6.00. The van der Waals surface area contributed by atoms with Gasteiger partial charge < -0.3 is 19.3 Å². The van der Waals surface area contributed by atoms with Crippen LogP contribution in [-0.2, 0) is 9.53 Å². The van der Waals surface area contributed by atoms with Crippen molar-refractivity contribution >= 4 is 17.6 Å². The average molecular weight is 464 g/mol. The van der Waals surface area contributed by atoms with Crippen molar-refractivity contribution in [1.29, 1.82) is 0 Å². The molecule has 7 nitrogen and oxygen atoms in total. The van der Waals surface area contributed by atoms with Gasteiger partial charge in [-0.25, -0.2) is 4.79 Å². The smallest absolute Gasteiger partial charge is 0.422 e. The van der Waals surface area contributed by atoms with Gasteiger partial charge in [0.05, 0.1) is 19.4 Å². The Labute approximate surface area is 180 Å². The minimum atomic E-state index is -4.57. The maximum Gasteiger partial charge on any atom is 0.422 e. The van der Waals surface area contributed by atoms with Crippen LogP contribution in [0.3, 0.4) is 0 Å². The van der Waals surface area contributed by atoms with Gasteiger partial charge in [0.15, 0.2) is 6.61 Å². The Morgan fingerprint density at radius 2 is 1.84 bits per heavy atom. The molecule has 0 radical (unpaired) electrons. The van der Waals surface area contributed by atoms with Crippen LogP contribution in [0.5, 0.6) is 11.5 Å². The number of rotatable bonds is 9. The molecule has 11 heteroatoms. The van der Waals surface area contributed by atoms with Gasteiger partial charge in [-0.05, 0) is 25.1 Å². The Hall–Kier alpha value is -2.72. The number of carboxylic acid groups (broad SMARTS) is 1. The fourth-order valence-corrected chi connectivity index (χ4v) is 3.06. The molecule has 31 heavy (non-hydrogen) atoms. The molecule has 1 N–H and O–H groups in total. The Balaban J connectivity index is 2.59. The maximum atomic E-state index is 12.8. The summed E-state index contributed by atoms with van der Waals surface area (Å²) < 4.78 is 54.1. The molecule has 0 aliphatic carbocycles. The minimum absolute atomic E-state index is 0.00531. The van der Waals surface area contributed by atoms with E-state index >= 15 is 0 Å². The largest absolute Gasteiger partial charge is 0.495 e. The lowest BCUT2D eigenvalue weighted by Gasteiger charge is -2.21. The highest BCUT2D eigenvalue weighted by Gasteiger charge is 2.30. The number of aliphatic carboxylic acids is 1. The monoisotopic (exact) mass is 463 g/mol. The van der Waals surface area contributed by atoms with Gasteiger partial charge in [0.1, 0.15) is 17.5 Å². The van der Waals surface area contributed by atoms with Gasteiger partial charge in [-0.2, -0.15) is 13.2 Å². The van der Waals surface area contributed by atoms with Crippen molar-refractivity contribution in [2.45, 2.75) is 31.7 Å². The number of hydrogen-bond acceptors (Lipinski definition) is 5. The lowest BCUT2D eigenvalue weighted by molar-refractivity contribution is -0.153. The van der Waals surface area contributed by atoms with Gasteiger partial charge in [-0.15, -0.1) is 0 Å². The van der Waals surface area contributed by atoms with Crippen LogP contribution in [0.1, 0.15) is 19.4 Å². The average Bonchev–Trinajstić information content (AvgIpc) is 2.70. The highest BCUT2D eigenvalue weighted by molar-refractivity contribution is 6.31. The van der Waals surface area contributed by atoms with E-state index in [0.717, 1.165) is 10.6 Å². The summed E-state index contributed by atoms with van der Waals surface area (Å²) in [5.74, 6) is -1.37. The molecule has 2 rings (SSSR count). The van der Waals surface area contributed by atoms with Crippen LogP contribution in [0.4, 0.5) is 13.2 Å². The molecule has 0 fully saturated rings. The van der Waals surface area contributed by atoms with Gasteiger partial charge in [0.25, 0.3) is 5.56 Å². The van der Waals surface area contributed by atoms with Crippen LogP contribution in [0, 0.1) is 0 Å². The van der Waals surface area contributed by atoms with E-state index in [-0.39, 0.29) is 34.1 Å². The van der Waals surface area contributed by atoms with Crippen LogP contribution in [-0.4, -0.2) is 48.7 Å². The fraction of sp³-hybridized carbons (Fsp3) is 0.400. The van der Waals surface area contributed by atoms with Crippen molar-refractivity contribution in [3.05, 3.63) is 45.8 Å². The number of benzene rings is 1. The number of carbonyl (C=O) groups is 1. The standard InChI is InChI=1S/C20H21ClF3NO6/c1-11(29-2)6-15(19(27)28)25-9-17(30-3)14(8-18(25)26)13-7-12(21)4-5-16(13)31-10-20(22,23)24/h4-5,7-9,11,15H,6,10H2,1-3H3,(H,27,28). The van der Waals surface area contributed by atoms with Crippen LogP contribution in [0.25, 0.3) is 11.1 Å². The summed E-state index contributed by atoms with van der Waals surface area (Å²) in [6, 6.07) is 3.74. The molecular formula is C20H21ClF3NO6. The zero-order chi connectivity index (χ0) is 23.3. The first-order valence-electron chi connectivity index (χ1n) is 9.02. The molecule has 0 saturated heterocycles. The van der Waals surface area contributed by atoms with Crippen LogP contribution >= 0.6 is 11.6 Å². The third kappa shape index (κ3) is 6.38. The number of nitrogens with zero attached hydrogens (tertiary/aromatic N) is 1. The Morgan fingerprint density at radius 3 is 2.39 bits per heavy atom. The molecule has 1 heterocycles. The van der Waals surface area contributed by atoms with E-state index in [9.17, 15) is 27.9 Å².